The Morgan fingerprint density at radius 2 is 2.10 bits per heavy atom. The van der Waals surface area contributed by atoms with Crippen LogP contribution in [0.4, 0.5) is 0 Å². The van der Waals surface area contributed by atoms with Gasteiger partial charge in [-0.3, -0.25) is 4.79 Å². The van der Waals surface area contributed by atoms with Gasteiger partial charge in [-0.25, -0.2) is 4.79 Å². The number of benzene rings is 1. The van der Waals surface area contributed by atoms with Crippen molar-refractivity contribution in [3.63, 3.8) is 0 Å². The minimum atomic E-state index is -1.12. The van der Waals surface area contributed by atoms with E-state index in [2.05, 4.69) is 10.6 Å². The van der Waals surface area contributed by atoms with E-state index in [1.54, 1.807) is 24.3 Å². The lowest BCUT2D eigenvalue weighted by molar-refractivity contribution is -0.142. The molecule has 0 aliphatic carbocycles. The number of hydrogen-bond acceptors (Lipinski definition) is 3. The van der Waals surface area contributed by atoms with Gasteiger partial charge in [0.1, 0.15) is 0 Å². The molecule has 1 heterocycles. The Morgan fingerprint density at radius 3 is 2.65 bits per heavy atom. The number of aliphatic carboxylic acids is 1. The van der Waals surface area contributed by atoms with Crippen LogP contribution in [0.25, 0.3) is 0 Å². The first-order valence-corrected chi connectivity index (χ1v) is 6.87. The van der Waals surface area contributed by atoms with Gasteiger partial charge in [-0.05, 0) is 18.5 Å². The lowest BCUT2D eigenvalue weighted by atomic mass is 9.96. The van der Waals surface area contributed by atoms with Crippen molar-refractivity contribution < 1.29 is 14.7 Å². The van der Waals surface area contributed by atoms with E-state index < -0.39 is 12.0 Å². The van der Waals surface area contributed by atoms with Crippen molar-refractivity contribution in [2.45, 2.75) is 13.0 Å². The molecule has 1 amide bonds. The largest absolute Gasteiger partial charge is 0.479 e. The lowest BCUT2D eigenvalue weighted by Crippen LogP contribution is -2.40. The number of halogens is 1. The molecule has 0 saturated carbocycles. The molecule has 1 aromatic carbocycles. The molecule has 3 atom stereocenters. The van der Waals surface area contributed by atoms with E-state index in [4.69, 9.17) is 11.6 Å². The number of amides is 1. The van der Waals surface area contributed by atoms with E-state index in [0.717, 1.165) is 6.54 Å². The number of carboxylic acid groups (broad SMARTS) is 1. The highest BCUT2D eigenvalue weighted by Crippen LogP contribution is 2.24. The summed E-state index contributed by atoms with van der Waals surface area (Å²) in [5, 5.41) is 15.4. The quantitative estimate of drug-likeness (QED) is 0.785. The van der Waals surface area contributed by atoms with E-state index in [-0.39, 0.29) is 17.7 Å². The zero-order chi connectivity index (χ0) is 14.7. The Balaban J connectivity index is 2.16. The molecule has 1 saturated heterocycles. The standard InChI is InChI=1S/C14H17ClN2O3/c1-8-6-16-7-10(8)13(18)17-12(14(19)20)9-4-2-3-5-11(9)15/h2-5,8,10,12,16H,6-7H2,1H3,(H,17,18)(H,19,20)/t8?,10?,12-/m1/s1. The summed E-state index contributed by atoms with van der Waals surface area (Å²) < 4.78 is 0. The van der Waals surface area contributed by atoms with Crippen LogP contribution in [0, 0.1) is 11.8 Å². The van der Waals surface area contributed by atoms with Crippen LogP contribution in [0.5, 0.6) is 0 Å². The van der Waals surface area contributed by atoms with E-state index in [1.807, 2.05) is 6.92 Å². The first kappa shape index (κ1) is 14.8. The highest BCUT2D eigenvalue weighted by atomic mass is 35.5. The lowest BCUT2D eigenvalue weighted by Gasteiger charge is -2.20. The molecule has 108 valence electrons. The molecule has 6 heteroatoms. The van der Waals surface area contributed by atoms with Gasteiger partial charge in [-0.2, -0.15) is 0 Å². The molecular weight excluding hydrogens is 280 g/mol. The third-order valence-electron chi connectivity index (χ3n) is 3.60. The molecule has 2 rings (SSSR count). The van der Waals surface area contributed by atoms with Crippen LogP contribution in [-0.2, 0) is 9.59 Å². The van der Waals surface area contributed by atoms with Crippen LogP contribution < -0.4 is 10.6 Å². The Labute approximate surface area is 122 Å². The number of carbonyl (C=O) groups is 2. The van der Waals surface area contributed by atoms with Crippen LogP contribution in [0.2, 0.25) is 5.02 Å². The summed E-state index contributed by atoms with van der Waals surface area (Å²) in [7, 11) is 0. The summed E-state index contributed by atoms with van der Waals surface area (Å²) in [6.07, 6.45) is 0. The predicted molar refractivity (Wildman–Crippen MR) is 75.5 cm³/mol. The molecule has 0 aromatic heterocycles. The maximum absolute atomic E-state index is 12.2. The fourth-order valence-electron chi connectivity index (χ4n) is 2.39. The SMILES string of the molecule is CC1CNCC1C(=O)N[C@@H](C(=O)O)c1ccccc1Cl. The normalized spacial score (nSPS) is 23.3. The average Bonchev–Trinajstić information content (AvgIpc) is 2.83. The minimum Gasteiger partial charge on any atom is -0.479 e. The monoisotopic (exact) mass is 296 g/mol. The van der Waals surface area contributed by atoms with Crippen molar-refractivity contribution in [3.05, 3.63) is 34.9 Å². The molecular formula is C14H17ClN2O3. The van der Waals surface area contributed by atoms with Gasteiger partial charge in [0.2, 0.25) is 5.91 Å². The minimum absolute atomic E-state index is 0.190. The van der Waals surface area contributed by atoms with E-state index in [1.165, 1.54) is 0 Å². The number of rotatable bonds is 4. The van der Waals surface area contributed by atoms with Crippen LogP contribution >= 0.6 is 11.6 Å². The molecule has 0 bridgehead atoms. The third-order valence-corrected chi connectivity index (χ3v) is 3.95. The molecule has 3 N–H and O–H groups in total. The highest BCUT2D eigenvalue weighted by Gasteiger charge is 2.33. The van der Waals surface area contributed by atoms with Crippen molar-refractivity contribution in [1.29, 1.82) is 0 Å². The first-order chi connectivity index (χ1) is 9.50. The van der Waals surface area contributed by atoms with Crippen LogP contribution in [0.1, 0.15) is 18.5 Å². The molecule has 0 radical (unpaired) electrons. The number of hydrogen-bond donors (Lipinski definition) is 3. The zero-order valence-electron chi connectivity index (χ0n) is 11.1. The first-order valence-electron chi connectivity index (χ1n) is 6.49. The predicted octanol–water partition coefficient (Wildman–Crippen LogP) is 1.44. The van der Waals surface area contributed by atoms with Gasteiger partial charge in [0.05, 0.1) is 5.92 Å². The van der Waals surface area contributed by atoms with Crippen LogP contribution in [0.3, 0.4) is 0 Å². The maximum atomic E-state index is 12.2. The second-order valence-electron chi connectivity index (χ2n) is 5.04. The van der Waals surface area contributed by atoms with Crippen LogP contribution in [0.15, 0.2) is 24.3 Å². The van der Waals surface area contributed by atoms with Crippen molar-refractivity contribution in [1.82, 2.24) is 10.6 Å². The molecule has 0 spiro atoms. The number of nitrogens with one attached hydrogen (secondary N) is 2. The summed E-state index contributed by atoms with van der Waals surface area (Å²) in [5.41, 5.74) is 0.397. The van der Waals surface area contributed by atoms with Gasteiger partial charge in [-0.1, -0.05) is 36.7 Å². The smallest absolute Gasteiger partial charge is 0.330 e. The maximum Gasteiger partial charge on any atom is 0.330 e. The highest BCUT2D eigenvalue weighted by molar-refractivity contribution is 6.31. The molecule has 1 aliphatic rings. The summed E-state index contributed by atoms with van der Waals surface area (Å²) in [5.74, 6) is -1.39. The molecule has 1 aliphatic heterocycles. The fraction of sp³-hybridized carbons (Fsp3) is 0.429. The zero-order valence-corrected chi connectivity index (χ0v) is 11.9. The van der Waals surface area contributed by atoms with Crippen molar-refractivity contribution in [2.75, 3.05) is 13.1 Å². The second-order valence-corrected chi connectivity index (χ2v) is 5.45. The summed E-state index contributed by atoms with van der Waals surface area (Å²) in [6, 6.07) is 5.51. The Morgan fingerprint density at radius 1 is 1.40 bits per heavy atom. The van der Waals surface area contributed by atoms with Gasteiger partial charge >= 0.3 is 5.97 Å². The number of carbonyl (C=O) groups excluding carboxylic acids is 1. The third kappa shape index (κ3) is 3.11. The van der Waals surface area contributed by atoms with Crippen molar-refractivity contribution in [2.24, 2.45) is 11.8 Å². The van der Waals surface area contributed by atoms with Crippen molar-refractivity contribution >= 4 is 23.5 Å². The summed E-state index contributed by atoms with van der Waals surface area (Å²) in [6.45, 7) is 3.30. The Kier molecular flexibility index (Phi) is 4.62. The molecule has 1 fully saturated rings. The van der Waals surface area contributed by atoms with Gasteiger partial charge in [-0.15, -0.1) is 0 Å². The van der Waals surface area contributed by atoms with Gasteiger partial charge in [0.15, 0.2) is 6.04 Å². The van der Waals surface area contributed by atoms with Gasteiger partial charge in [0, 0.05) is 17.1 Å². The van der Waals surface area contributed by atoms with E-state index >= 15 is 0 Å². The fourth-order valence-corrected chi connectivity index (χ4v) is 2.64. The Hall–Kier alpha value is -1.59. The molecule has 5 nitrogen and oxygen atoms in total. The van der Waals surface area contributed by atoms with Gasteiger partial charge < -0.3 is 15.7 Å². The second kappa shape index (κ2) is 6.24. The number of carboxylic acids is 1. The Bertz CT molecular complexity index is 521. The van der Waals surface area contributed by atoms with E-state index in [9.17, 15) is 14.7 Å². The average molecular weight is 297 g/mol. The van der Waals surface area contributed by atoms with E-state index in [0.29, 0.717) is 17.1 Å². The topological polar surface area (TPSA) is 78.4 Å². The van der Waals surface area contributed by atoms with Gasteiger partial charge in [0.25, 0.3) is 0 Å². The molecule has 20 heavy (non-hydrogen) atoms. The molecule has 1 aromatic rings. The molecule has 2 unspecified atom stereocenters. The summed E-state index contributed by atoms with van der Waals surface area (Å²) >= 11 is 6.01. The summed E-state index contributed by atoms with van der Waals surface area (Å²) in [4.78, 5) is 23.6. The van der Waals surface area contributed by atoms with Crippen molar-refractivity contribution in [3.8, 4) is 0 Å². The van der Waals surface area contributed by atoms with Crippen LogP contribution in [-0.4, -0.2) is 30.1 Å².